The first kappa shape index (κ1) is 17.2. The molecule has 0 saturated heterocycles. The van der Waals surface area contributed by atoms with Crippen LogP contribution < -0.4 is 0 Å². The van der Waals surface area contributed by atoms with Crippen molar-refractivity contribution < 1.29 is 5.11 Å². The molecule has 1 aromatic carbocycles. The number of fused-ring (bicyclic) bond motifs is 3. The molecule has 0 spiro atoms. The molecular weight excluding hydrogens is 374 g/mol. The Morgan fingerprint density at radius 3 is 2.82 bits per heavy atom. The van der Waals surface area contributed by atoms with Gasteiger partial charge in [-0.3, -0.25) is 9.67 Å². The number of hydrogen-bond donors (Lipinski definition) is 1. The number of aromatic nitrogens is 5. The molecule has 5 rings (SSSR count). The summed E-state index contributed by atoms with van der Waals surface area (Å²) < 4.78 is 3.84. The zero-order chi connectivity index (χ0) is 19.3. The summed E-state index contributed by atoms with van der Waals surface area (Å²) in [6.45, 7) is 0. The molecule has 4 aromatic rings. The number of imidazole rings is 1. The number of aliphatic hydroxyl groups is 1. The average Bonchev–Trinajstić information content (AvgIpc) is 3.40. The Morgan fingerprint density at radius 2 is 2.04 bits per heavy atom. The van der Waals surface area contributed by atoms with Gasteiger partial charge in [-0.05, 0) is 28.8 Å². The van der Waals surface area contributed by atoms with E-state index in [1.165, 1.54) is 0 Å². The largest absolute Gasteiger partial charge is 0.388 e. The fourth-order valence-electron chi connectivity index (χ4n) is 3.95. The first-order valence-electron chi connectivity index (χ1n) is 9.04. The summed E-state index contributed by atoms with van der Waals surface area (Å²) in [5, 5.41) is 15.7. The molecule has 140 valence electrons. The van der Waals surface area contributed by atoms with Crippen LogP contribution in [0.1, 0.15) is 29.7 Å². The molecule has 0 radical (unpaired) electrons. The van der Waals surface area contributed by atoms with Gasteiger partial charge < -0.3 is 9.67 Å². The van der Waals surface area contributed by atoms with Crippen molar-refractivity contribution in [2.75, 3.05) is 0 Å². The lowest BCUT2D eigenvalue weighted by molar-refractivity contribution is 0.154. The number of benzene rings is 1. The van der Waals surface area contributed by atoms with Gasteiger partial charge in [-0.15, -0.1) is 0 Å². The number of rotatable bonds is 4. The van der Waals surface area contributed by atoms with E-state index in [4.69, 9.17) is 11.6 Å². The van der Waals surface area contributed by atoms with Crippen LogP contribution in [0.4, 0.5) is 0 Å². The van der Waals surface area contributed by atoms with Crippen molar-refractivity contribution in [1.82, 2.24) is 24.3 Å². The Balaban J connectivity index is 1.44. The second kappa shape index (κ2) is 6.58. The van der Waals surface area contributed by atoms with Crippen molar-refractivity contribution in [1.29, 1.82) is 0 Å². The molecular formula is C21H18ClN5O. The van der Waals surface area contributed by atoms with Gasteiger partial charge in [-0.2, -0.15) is 5.10 Å². The fourth-order valence-corrected chi connectivity index (χ4v) is 4.25. The Hall–Kier alpha value is -2.96. The van der Waals surface area contributed by atoms with Crippen molar-refractivity contribution in [3.05, 3.63) is 77.7 Å². The van der Waals surface area contributed by atoms with Crippen LogP contribution in [0.25, 0.3) is 22.4 Å². The predicted octanol–water partition coefficient (Wildman–Crippen LogP) is 4.03. The Labute approximate surface area is 167 Å². The highest BCUT2D eigenvalue weighted by Gasteiger charge is 2.30. The molecule has 1 N–H and O–H groups in total. The molecule has 7 heteroatoms. The van der Waals surface area contributed by atoms with E-state index in [0.717, 1.165) is 33.5 Å². The Kier molecular flexibility index (Phi) is 4.03. The third kappa shape index (κ3) is 2.73. The van der Waals surface area contributed by atoms with Crippen molar-refractivity contribution in [3.63, 3.8) is 0 Å². The maximum Gasteiger partial charge on any atom is 0.0956 e. The third-order valence-electron chi connectivity index (χ3n) is 5.34. The fraction of sp³-hybridized carbons (Fsp3) is 0.190. The number of aryl methyl sites for hydroxylation is 1. The van der Waals surface area contributed by atoms with Gasteiger partial charge in [0.2, 0.25) is 0 Å². The number of pyridine rings is 1. The van der Waals surface area contributed by atoms with Gasteiger partial charge in [0, 0.05) is 48.2 Å². The zero-order valence-electron chi connectivity index (χ0n) is 15.2. The van der Waals surface area contributed by atoms with Gasteiger partial charge in [0.05, 0.1) is 36.6 Å². The van der Waals surface area contributed by atoms with Crippen molar-refractivity contribution in [3.8, 4) is 22.4 Å². The van der Waals surface area contributed by atoms with E-state index < -0.39 is 6.10 Å². The molecule has 3 aromatic heterocycles. The predicted molar refractivity (Wildman–Crippen MR) is 107 cm³/mol. The second-order valence-electron chi connectivity index (χ2n) is 7.06. The molecule has 0 bridgehead atoms. The maximum atomic E-state index is 11.0. The lowest BCUT2D eigenvalue weighted by Crippen LogP contribution is -2.11. The van der Waals surface area contributed by atoms with Crippen LogP contribution in [0, 0.1) is 0 Å². The summed E-state index contributed by atoms with van der Waals surface area (Å²) in [5.74, 6) is 0. The highest BCUT2D eigenvalue weighted by molar-refractivity contribution is 6.31. The molecule has 28 heavy (non-hydrogen) atoms. The zero-order valence-corrected chi connectivity index (χ0v) is 16.0. The van der Waals surface area contributed by atoms with Gasteiger partial charge in [-0.1, -0.05) is 23.7 Å². The molecule has 0 saturated carbocycles. The van der Waals surface area contributed by atoms with Gasteiger partial charge >= 0.3 is 0 Å². The quantitative estimate of drug-likeness (QED) is 0.570. The van der Waals surface area contributed by atoms with Crippen LogP contribution in [0.3, 0.4) is 0 Å². The summed E-state index contributed by atoms with van der Waals surface area (Å²) in [6.07, 6.45) is 10.8. The molecule has 0 fully saturated rings. The molecule has 4 heterocycles. The van der Waals surface area contributed by atoms with E-state index >= 15 is 0 Å². The monoisotopic (exact) mass is 391 g/mol. The highest BCUT2D eigenvalue weighted by Crippen LogP contribution is 2.43. The SMILES string of the molecule is Cn1cc(-c2ccc(C(O)CC3c4ccncc4-c4cncn43)c(Cl)c2)cn1. The van der Waals surface area contributed by atoms with E-state index in [9.17, 15) is 5.11 Å². The highest BCUT2D eigenvalue weighted by atomic mass is 35.5. The number of aliphatic hydroxyl groups excluding tert-OH is 1. The molecule has 2 unspecified atom stereocenters. The van der Waals surface area contributed by atoms with Crippen LogP contribution in [0.2, 0.25) is 5.02 Å². The molecule has 1 aliphatic rings. The maximum absolute atomic E-state index is 11.0. The summed E-state index contributed by atoms with van der Waals surface area (Å²) in [6, 6.07) is 7.75. The summed E-state index contributed by atoms with van der Waals surface area (Å²) in [4.78, 5) is 8.49. The van der Waals surface area contributed by atoms with Crippen LogP contribution in [0.5, 0.6) is 0 Å². The van der Waals surface area contributed by atoms with Crippen molar-refractivity contribution in [2.45, 2.75) is 18.6 Å². The average molecular weight is 392 g/mol. The lowest BCUT2D eigenvalue weighted by Gasteiger charge is -2.20. The standard InChI is InChI=1S/C21H18ClN5O/c1-26-11-14(8-25-26)13-2-3-16(18(22)6-13)21(28)7-19-15-4-5-23-9-17(15)20-10-24-12-27(19)20/h2-6,8-12,19,21,28H,7H2,1H3. The topological polar surface area (TPSA) is 68.8 Å². The Bertz CT molecular complexity index is 1170. The minimum absolute atomic E-state index is 0.000401. The van der Waals surface area contributed by atoms with E-state index in [1.807, 2.05) is 49.9 Å². The Morgan fingerprint density at radius 1 is 1.14 bits per heavy atom. The first-order valence-corrected chi connectivity index (χ1v) is 9.42. The number of nitrogens with zero attached hydrogens (tertiary/aromatic N) is 5. The number of halogens is 1. The third-order valence-corrected chi connectivity index (χ3v) is 5.66. The minimum Gasteiger partial charge on any atom is -0.388 e. The van der Waals surface area contributed by atoms with Crippen molar-refractivity contribution in [2.24, 2.45) is 7.05 Å². The van der Waals surface area contributed by atoms with E-state index in [-0.39, 0.29) is 6.04 Å². The van der Waals surface area contributed by atoms with E-state index in [0.29, 0.717) is 11.4 Å². The van der Waals surface area contributed by atoms with Crippen LogP contribution >= 0.6 is 11.6 Å². The smallest absolute Gasteiger partial charge is 0.0956 e. The summed E-state index contributed by atoms with van der Waals surface area (Å²) in [7, 11) is 1.88. The first-order chi connectivity index (χ1) is 13.6. The lowest BCUT2D eigenvalue weighted by atomic mass is 9.95. The molecule has 2 atom stereocenters. The van der Waals surface area contributed by atoms with Gasteiger partial charge in [0.1, 0.15) is 0 Å². The van der Waals surface area contributed by atoms with Gasteiger partial charge in [-0.25, -0.2) is 4.98 Å². The normalized spacial score (nSPS) is 16.0. The minimum atomic E-state index is -0.699. The van der Waals surface area contributed by atoms with Crippen molar-refractivity contribution >= 4 is 11.6 Å². The molecule has 6 nitrogen and oxygen atoms in total. The summed E-state index contributed by atoms with van der Waals surface area (Å²) >= 11 is 6.53. The van der Waals surface area contributed by atoms with Gasteiger partial charge in [0.25, 0.3) is 0 Å². The van der Waals surface area contributed by atoms with Crippen LogP contribution in [0.15, 0.2) is 61.6 Å². The van der Waals surface area contributed by atoms with E-state index in [1.54, 1.807) is 23.4 Å². The second-order valence-corrected chi connectivity index (χ2v) is 7.46. The molecule has 1 aliphatic heterocycles. The van der Waals surface area contributed by atoms with Crippen LogP contribution in [-0.2, 0) is 7.05 Å². The van der Waals surface area contributed by atoms with Gasteiger partial charge in [0.15, 0.2) is 0 Å². The van der Waals surface area contributed by atoms with E-state index in [2.05, 4.69) is 19.6 Å². The molecule has 0 aliphatic carbocycles. The number of hydrogen-bond acceptors (Lipinski definition) is 4. The summed E-state index contributed by atoms with van der Waals surface area (Å²) in [5.41, 5.74) is 5.93. The van der Waals surface area contributed by atoms with Crippen LogP contribution in [-0.4, -0.2) is 29.4 Å². The molecule has 0 amide bonds.